The van der Waals surface area contributed by atoms with E-state index in [1.54, 1.807) is 0 Å². The molecule has 0 N–H and O–H groups in total. The fourth-order valence-electron chi connectivity index (χ4n) is 0.576. The summed E-state index contributed by atoms with van der Waals surface area (Å²) in [6.07, 6.45) is 0. The Kier molecular flexibility index (Phi) is 0.929. The van der Waals surface area contributed by atoms with Gasteiger partial charge in [-0.25, -0.2) is 4.99 Å². The van der Waals surface area contributed by atoms with Gasteiger partial charge in [0, 0.05) is 5.71 Å². The van der Waals surface area contributed by atoms with Crippen LogP contribution in [-0.4, -0.2) is 18.1 Å². The Morgan fingerprint density at radius 2 is 2.14 bits per heavy atom. The molecule has 0 aromatic carbocycles. The van der Waals surface area contributed by atoms with E-state index in [0.29, 0.717) is 0 Å². The van der Waals surface area contributed by atoms with Crippen molar-refractivity contribution in [2.24, 2.45) is 9.98 Å². The molecule has 0 fully saturated rings. The van der Waals surface area contributed by atoms with E-state index in [4.69, 9.17) is 0 Å². The molecule has 38 valence electrons. The maximum atomic E-state index is 4.06. The van der Waals surface area contributed by atoms with Gasteiger partial charge in [0.05, 0.1) is 6.54 Å². The summed E-state index contributed by atoms with van der Waals surface area (Å²) in [6, 6.07) is 0. The normalized spacial score (nSPS) is 19.1. The van der Waals surface area contributed by atoms with Gasteiger partial charge < -0.3 is 0 Å². The molecule has 2 heteroatoms. The topological polar surface area (TPSA) is 24.7 Å². The molecule has 0 aromatic rings. The minimum atomic E-state index is 0.811. The molecule has 0 bridgehead atoms. The van der Waals surface area contributed by atoms with Gasteiger partial charge >= 0.3 is 0 Å². The summed E-state index contributed by atoms with van der Waals surface area (Å²) in [5.41, 5.74) is 1.12. The predicted octanol–water partition coefficient (Wildman–Crippen LogP) is 0.879. The first kappa shape index (κ1) is 4.50. The van der Waals surface area contributed by atoms with Crippen LogP contribution in [0.2, 0.25) is 0 Å². The second-order valence-corrected chi connectivity index (χ2v) is 1.71. The maximum absolute atomic E-state index is 4.06. The molecule has 0 spiro atoms. The largest absolute Gasteiger partial charge is 0.265 e. The highest BCUT2D eigenvalue weighted by Crippen LogP contribution is 1.92. The molecule has 0 amide bonds. The van der Waals surface area contributed by atoms with Gasteiger partial charge in [0.25, 0.3) is 0 Å². The fourth-order valence-corrected chi connectivity index (χ4v) is 0.576. The van der Waals surface area contributed by atoms with Crippen LogP contribution in [0.1, 0.15) is 13.8 Å². The average molecular weight is 96.1 g/mol. The highest BCUT2D eigenvalue weighted by molar-refractivity contribution is 6.01. The molecule has 0 aliphatic carbocycles. The Labute approximate surface area is 43.0 Å². The zero-order chi connectivity index (χ0) is 5.28. The summed E-state index contributed by atoms with van der Waals surface area (Å²) in [7, 11) is 0. The van der Waals surface area contributed by atoms with E-state index in [1.165, 1.54) is 0 Å². The smallest absolute Gasteiger partial charge is 0.120 e. The van der Waals surface area contributed by atoms with Gasteiger partial charge in [-0.15, -0.1) is 0 Å². The predicted molar refractivity (Wildman–Crippen MR) is 31.1 cm³/mol. The molecule has 0 saturated heterocycles. The van der Waals surface area contributed by atoms with E-state index in [1.807, 2.05) is 13.8 Å². The van der Waals surface area contributed by atoms with E-state index in [2.05, 4.69) is 9.98 Å². The molecular formula is C5H8N2. The molecule has 0 atom stereocenters. The highest BCUT2D eigenvalue weighted by atomic mass is 15.0. The van der Waals surface area contributed by atoms with Crippen LogP contribution in [0, 0.1) is 0 Å². The Hall–Kier alpha value is -0.660. The first-order chi connectivity index (χ1) is 3.29. The third kappa shape index (κ3) is 0.856. The van der Waals surface area contributed by atoms with Gasteiger partial charge in [0.1, 0.15) is 5.84 Å². The monoisotopic (exact) mass is 96.1 g/mol. The fraction of sp³-hybridized carbons (Fsp3) is 0.600. The lowest BCUT2D eigenvalue weighted by Crippen LogP contribution is -1.87. The molecule has 2 nitrogen and oxygen atoms in total. The number of aliphatic imine (C=N–C) groups is 2. The Balaban J connectivity index is 2.69. The second kappa shape index (κ2) is 1.45. The SMILES string of the molecule is CC1=NC(C)=NC1. The van der Waals surface area contributed by atoms with Crippen LogP contribution in [0.3, 0.4) is 0 Å². The van der Waals surface area contributed by atoms with Gasteiger partial charge in [-0.1, -0.05) is 0 Å². The number of hydrogen-bond acceptors (Lipinski definition) is 2. The third-order valence-corrected chi connectivity index (χ3v) is 0.889. The van der Waals surface area contributed by atoms with Gasteiger partial charge in [-0.2, -0.15) is 0 Å². The van der Waals surface area contributed by atoms with Crippen LogP contribution in [0.25, 0.3) is 0 Å². The zero-order valence-corrected chi connectivity index (χ0v) is 4.60. The lowest BCUT2D eigenvalue weighted by Gasteiger charge is -1.76. The van der Waals surface area contributed by atoms with Gasteiger partial charge in [-0.3, -0.25) is 4.99 Å². The summed E-state index contributed by atoms with van der Waals surface area (Å²) < 4.78 is 0. The molecule has 0 unspecified atom stereocenters. The summed E-state index contributed by atoms with van der Waals surface area (Å²) in [5.74, 6) is 0.914. The van der Waals surface area contributed by atoms with Crippen LogP contribution in [-0.2, 0) is 0 Å². The van der Waals surface area contributed by atoms with Crippen molar-refractivity contribution in [3.05, 3.63) is 0 Å². The Morgan fingerprint density at radius 3 is 2.29 bits per heavy atom. The van der Waals surface area contributed by atoms with Crippen LogP contribution >= 0.6 is 0 Å². The minimum Gasteiger partial charge on any atom is -0.265 e. The molecule has 0 saturated carbocycles. The molecule has 0 radical (unpaired) electrons. The Bertz CT molecular complexity index is 133. The van der Waals surface area contributed by atoms with E-state index < -0.39 is 0 Å². The molecule has 1 aliphatic heterocycles. The summed E-state index contributed by atoms with van der Waals surface area (Å²) in [4.78, 5) is 8.09. The summed E-state index contributed by atoms with van der Waals surface area (Å²) in [5, 5.41) is 0. The van der Waals surface area contributed by atoms with Crippen molar-refractivity contribution < 1.29 is 0 Å². The molecule has 1 rings (SSSR count). The van der Waals surface area contributed by atoms with Crippen LogP contribution in [0.5, 0.6) is 0 Å². The first-order valence-corrected chi connectivity index (χ1v) is 2.34. The molecule has 0 aromatic heterocycles. The van der Waals surface area contributed by atoms with Crippen molar-refractivity contribution in [2.45, 2.75) is 13.8 Å². The summed E-state index contributed by atoms with van der Waals surface area (Å²) in [6.45, 7) is 4.71. The van der Waals surface area contributed by atoms with Crippen molar-refractivity contribution in [3.8, 4) is 0 Å². The van der Waals surface area contributed by atoms with E-state index in [9.17, 15) is 0 Å². The minimum absolute atomic E-state index is 0.811. The lowest BCUT2D eigenvalue weighted by atomic mass is 10.4. The molecule has 1 aliphatic rings. The average Bonchev–Trinajstić information content (AvgIpc) is 1.87. The van der Waals surface area contributed by atoms with E-state index in [-0.39, 0.29) is 0 Å². The van der Waals surface area contributed by atoms with Crippen LogP contribution in [0.15, 0.2) is 9.98 Å². The van der Waals surface area contributed by atoms with Crippen molar-refractivity contribution in [1.29, 1.82) is 0 Å². The highest BCUT2D eigenvalue weighted by Gasteiger charge is 1.97. The zero-order valence-electron chi connectivity index (χ0n) is 4.60. The lowest BCUT2D eigenvalue weighted by molar-refractivity contribution is 1.32. The number of nitrogens with zero attached hydrogens (tertiary/aromatic N) is 2. The van der Waals surface area contributed by atoms with Crippen molar-refractivity contribution >= 4 is 11.5 Å². The van der Waals surface area contributed by atoms with Crippen molar-refractivity contribution in [3.63, 3.8) is 0 Å². The second-order valence-electron chi connectivity index (χ2n) is 1.71. The van der Waals surface area contributed by atoms with E-state index >= 15 is 0 Å². The number of hydrogen-bond donors (Lipinski definition) is 0. The number of rotatable bonds is 0. The standard InChI is InChI=1S/C5H8N2/c1-4-3-6-5(2)7-4/h3H2,1-2H3. The van der Waals surface area contributed by atoms with Gasteiger partial charge in [0.2, 0.25) is 0 Å². The molecule has 7 heavy (non-hydrogen) atoms. The van der Waals surface area contributed by atoms with Crippen LogP contribution < -0.4 is 0 Å². The molecular weight excluding hydrogens is 88.1 g/mol. The Morgan fingerprint density at radius 1 is 1.43 bits per heavy atom. The van der Waals surface area contributed by atoms with Crippen molar-refractivity contribution in [2.75, 3.05) is 6.54 Å². The summed E-state index contributed by atoms with van der Waals surface area (Å²) >= 11 is 0. The molecule has 1 heterocycles. The quantitative estimate of drug-likeness (QED) is 0.427. The van der Waals surface area contributed by atoms with Crippen LogP contribution in [0.4, 0.5) is 0 Å². The first-order valence-electron chi connectivity index (χ1n) is 2.34. The maximum Gasteiger partial charge on any atom is 0.120 e. The van der Waals surface area contributed by atoms with Crippen molar-refractivity contribution in [1.82, 2.24) is 0 Å². The van der Waals surface area contributed by atoms with E-state index in [0.717, 1.165) is 18.1 Å². The van der Waals surface area contributed by atoms with Gasteiger partial charge in [0.15, 0.2) is 0 Å². The number of amidine groups is 1. The third-order valence-electron chi connectivity index (χ3n) is 0.889. The van der Waals surface area contributed by atoms with Gasteiger partial charge in [-0.05, 0) is 13.8 Å².